The zero-order valence-corrected chi connectivity index (χ0v) is 15.9. The van der Waals surface area contributed by atoms with Crippen LogP contribution in [0.2, 0.25) is 0 Å². The lowest BCUT2D eigenvalue weighted by atomic mass is 10.1. The van der Waals surface area contributed by atoms with Crippen LogP contribution in [0.25, 0.3) is 22.2 Å². The maximum atomic E-state index is 5.47. The third-order valence-corrected chi connectivity index (χ3v) is 5.55. The van der Waals surface area contributed by atoms with Gasteiger partial charge in [0.15, 0.2) is 5.13 Å². The number of benzene rings is 2. The zero-order chi connectivity index (χ0) is 18.1. The number of nitrogens with zero attached hydrogens (tertiary/aromatic N) is 2. The van der Waals surface area contributed by atoms with E-state index >= 15 is 0 Å². The van der Waals surface area contributed by atoms with E-state index in [1.807, 2.05) is 13.1 Å². The molecule has 4 nitrogen and oxygen atoms in total. The molecule has 0 saturated carbocycles. The molecule has 0 radical (unpaired) electrons. The van der Waals surface area contributed by atoms with Crippen molar-refractivity contribution in [2.45, 2.75) is 13.5 Å². The van der Waals surface area contributed by atoms with Gasteiger partial charge in [-0.3, -0.25) is 0 Å². The first-order valence-corrected chi connectivity index (χ1v) is 9.43. The smallest absolute Gasteiger partial charge is 0.182 e. The van der Waals surface area contributed by atoms with Crippen LogP contribution in [0.1, 0.15) is 11.3 Å². The van der Waals surface area contributed by atoms with E-state index < -0.39 is 0 Å². The Bertz CT molecular complexity index is 1050. The first-order valence-electron chi connectivity index (χ1n) is 8.55. The van der Waals surface area contributed by atoms with Gasteiger partial charge in [0.2, 0.25) is 0 Å². The Morgan fingerprint density at radius 1 is 1.15 bits per heavy atom. The lowest BCUT2D eigenvalue weighted by Gasteiger charge is -2.09. The topological polar surface area (TPSA) is 39.1 Å². The molecule has 2 aromatic heterocycles. The summed E-state index contributed by atoms with van der Waals surface area (Å²) < 4.78 is 7.83. The molecule has 0 spiro atoms. The number of hydrogen-bond acceptors (Lipinski definition) is 4. The van der Waals surface area contributed by atoms with Crippen LogP contribution < -0.4 is 10.1 Å². The molecule has 0 atom stereocenters. The molecule has 0 aliphatic carbocycles. The van der Waals surface area contributed by atoms with Crippen molar-refractivity contribution < 1.29 is 4.74 Å². The molecule has 1 N–H and O–H groups in total. The van der Waals surface area contributed by atoms with Crippen LogP contribution in [0, 0.1) is 6.92 Å². The van der Waals surface area contributed by atoms with E-state index in [1.165, 1.54) is 27.7 Å². The second-order valence-corrected chi connectivity index (χ2v) is 7.06. The van der Waals surface area contributed by atoms with E-state index in [2.05, 4.69) is 64.7 Å². The van der Waals surface area contributed by atoms with Crippen LogP contribution in [-0.2, 0) is 6.54 Å². The fourth-order valence-electron chi connectivity index (χ4n) is 3.38. The zero-order valence-electron chi connectivity index (χ0n) is 15.1. The molecule has 2 heterocycles. The summed E-state index contributed by atoms with van der Waals surface area (Å²) in [7, 11) is 3.60. The summed E-state index contributed by atoms with van der Waals surface area (Å²) in [6, 6.07) is 16.8. The minimum Gasteiger partial charge on any atom is -0.497 e. The van der Waals surface area contributed by atoms with Crippen LogP contribution in [-0.4, -0.2) is 23.7 Å². The van der Waals surface area contributed by atoms with Gasteiger partial charge in [0.1, 0.15) is 5.75 Å². The third-order valence-electron chi connectivity index (χ3n) is 4.69. The number of nitrogens with one attached hydrogen (secondary N) is 1. The first kappa shape index (κ1) is 16.7. The van der Waals surface area contributed by atoms with Crippen LogP contribution in [0.3, 0.4) is 0 Å². The Morgan fingerprint density at radius 3 is 2.65 bits per heavy atom. The molecular formula is C21H21N3OS. The molecule has 2 aromatic carbocycles. The quantitative estimate of drug-likeness (QED) is 0.531. The molecule has 4 rings (SSSR count). The van der Waals surface area contributed by atoms with Crippen LogP contribution in [0.15, 0.2) is 53.9 Å². The van der Waals surface area contributed by atoms with E-state index in [0.29, 0.717) is 0 Å². The predicted octanol–water partition coefficient (Wildman–Crippen LogP) is 5.17. The summed E-state index contributed by atoms with van der Waals surface area (Å²) in [4.78, 5) is 4.74. The Balaban J connectivity index is 1.93. The highest BCUT2D eigenvalue weighted by Crippen LogP contribution is 2.38. The number of thiazole rings is 1. The van der Waals surface area contributed by atoms with Crippen molar-refractivity contribution in [3.05, 3.63) is 65.2 Å². The molecule has 0 unspecified atom stereocenters. The van der Waals surface area contributed by atoms with Crippen molar-refractivity contribution in [3.63, 3.8) is 0 Å². The molecule has 0 aliphatic rings. The molecule has 5 heteroatoms. The van der Waals surface area contributed by atoms with Crippen LogP contribution in [0.5, 0.6) is 5.75 Å². The predicted molar refractivity (Wildman–Crippen MR) is 109 cm³/mol. The number of ether oxygens (including phenoxy) is 1. The summed E-state index contributed by atoms with van der Waals surface area (Å²) in [6.07, 6.45) is 0. The van der Waals surface area contributed by atoms with Crippen LogP contribution >= 0.6 is 11.3 Å². The Morgan fingerprint density at radius 2 is 1.96 bits per heavy atom. The summed E-state index contributed by atoms with van der Waals surface area (Å²) in [5.41, 5.74) is 5.87. The fourth-order valence-corrected chi connectivity index (χ4v) is 4.05. The van der Waals surface area contributed by atoms with Gasteiger partial charge in [-0.25, -0.2) is 4.98 Å². The van der Waals surface area contributed by atoms with Gasteiger partial charge >= 0.3 is 0 Å². The number of methoxy groups -OCH3 is 1. The summed E-state index contributed by atoms with van der Waals surface area (Å²) in [5.74, 6) is 0.861. The van der Waals surface area contributed by atoms with E-state index in [-0.39, 0.29) is 0 Å². The van der Waals surface area contributed by atoms with Gasteiger partial charge in [0.05, 0.1) is 12.8 Å². The largest absolute Gasteiger partial charge is 0.497 e. The van der Waals surface area contributed by atoms with Gasteiger partial charge in [-0.2, -0.15) is 0 Å². The molecule has 132 valence electrons. The van der Waals surface area contributed by atoms with Gasteiger partial charge in [-0.1, -0.05) is 30.3 Å². The van der Waals surface area contributed by atoms with Gasteiger partial charge in [0, 0.05) is 41.1 Å². The standard InChI is InChI=1S/C21H21N3OS/c1-14-20(18-13-26-21(22-2)23-18)17-11-16(25-3)9-10-19(17)24(14)12-15-7-5-4-6-8-15/h4-11,13H,12H2,1-3H3,(H,22,23). The Hall–Kier alpha value is -2.79. The Labute approximate surface area is 157 Å². The van der Waals surface area contributed by atoms with Crippen molar-refractivity contribution >= 4 is 27.4 Å². The fraction of sp³-hybridized carbons (Fsp3) is 0.190. The number of rotatable bonds is 5. The average molecular weight is 363 g/mol. The number of aromatic nitrogens is 2. The summed E-state index contributed by atoms with van der Waals surface area (Å²) >= 11 is 1.62. The normalized spacial score (nSPS) is 11.0. The minimum absolute atomic E-state index is 0.832. The monoisotopic (exact) mass is 363 g/mol. The summed E-state index contributed by atoms with van der Waals surface area (Å²) in [6.45, 7) is 3.00. The molecule has 0 bridgehead atoms. The highest BCUT2D eigenvalue weighted by molar-refractivity contribution is 7.14. The van der Waals surface area contributed by atoms with E-state index in [0.717, 1.165) is 23.1 Å². The summed E-state index contributed by atoms with van der Waals surface area (Å²) in [5, 5.41) is 7.34. The lowest BCUT2D eigenvalue weighted by molar-refractivity contribution is 0.415. The molecule has 0 amide bonds. The maximum Gasteiger partial charge on any atom is 0.182 e. The van der Waals surface area contributed by atoms with Crippen molar-refractivity contribution in [2.24, 2.45) is 0 Å². The number of hydrogen-bond donors (Lipinski definition) is 1. The minimum atomic E-state index is 0.832. The highest BCUT2D eigenvalue weighted by Gasteiger charge is 2.18. The third kappa shape index (κ3) is 2.84. The van der Waals surface area contributed by atoms with E-state index in [4.69, 9.17) is 9.72 Å². The van der Waals surface area contributed by atoms with Crippen molar-refractivity contribution in [1.29, 1.82) is 0 Å². The number of fused-ring (bicyclic) bond motifs is 1. The number of anilines is 1. The molecule has 4 aromatic rings. The van der Waals surface area contributed by atoms with E-state index in [1.54, 1.807) is 18.4 Å². The SMILES string of the molecule is CNc1nc(-c2c(C)n(Cc3ccccc3)c3ccc(OC)cc23)cs1. The first-order chi connectivity index (χ1) is 12.7. The lowest BCUT2D eigenvalue weighted by Crippen LogP contribution is -2.01. The van der Waals surface area contributed by atoms with E-state index in [9.17, 15) is 0 Å². The second-order valence-electron chi connectivity index (χ2n) is 6.20. The van der Waals surface area contributed by atoms with Gasteiger partial charge in [0.25, 0.3) is 0 Å². The maximum absolute atomic E-state index is 5.47. The average Bonchev–Trinajstić information content (AvgIpc) is 3.25. The van der Waals surface area contributed by atoms with Gasteiger partial charge < -0.3 is 14.6 Å². The van der Waals surface area contributed by atoms with Crippen molar-refractivity contribution in [1.82, 2.24) is 9.55 Å². The van der Waals surface area contributed by atoms with Crippen molar-refractivity contribution in [3.8, 4) is 17.0 Å². The van der Waals surface area contributed by atoms with Gasteiger partial charge in [-0.15, -0.1) is 11.3 Å². The van der Waals surface area contributed by atoms with Crippen molar-refractivity contribution in [2.75, 3.05) is 19.5 Å². The highest BCUT2D eigenvalue weighted by atomic mass is 32.1. The molecule has 0 aliphatic heterocycles. The molecule has 0 saturated heterocycles. The van der Waals surface area contributed by atoms with Crippen LogP contribution in [0.4, 0.5) is 5.13 Å². The van der Waals surface area contributed by atoms with Gasteiger partial charge in [-0.05, 0) is 30.7 Å². The Kier molecular flexibility index (Phi) is 4.39. The molecule has 26 heavy (non-hydrogen) atoms. The molecule has 0 fully saturated rings. The second kappa shape index (κ2) is 6.84. The molecular weight excluding hydrogens is 342 g/mol.